The number of carboxylic acids is 1. The molecule has 1 aromatic rings. The molecule has 0 aliphatic heterocycles. The van der Waals surface area contributed by atoms with E-state index in [1.54, 1.807) is 4.90 Å². The van der Waals surface area contributed by atoms with Crippen LogP contribution in [0.1, 0.15) is 39.5 Å². The molecular formula is C16H23NO3. The van der Waals surface area contributed by atoms with Crippen molar-refractivity contribution in [2.45, 2.75) is 39.5 Å². The SMILES string of the molecule is CCCC(C)C(=O)N(CCCC(=O)O)c1ccccc1. The molecule has 0 aromatic heterocycles. The molecule has 0 saturated heterocycles. The van der Waals surface area contributed by atoms with Crippen molar-refractivity contribution in [2.24, 2.45) is 5.92 Å². The third-order valence-electron chi connectivity index (χ3n) is 3.25. The van der Waals surface area contributed by atoms with Gasteiger partial charge in [-0.15, -0.1) is 0 Å². The molecule has 1 rings (SSSR count). The molecule has 1 amide bonds. The molecule has 4 heteroatoms. The van der Waals surface area contributed by atoms with Gasteiger partial charge in [-0.2, -0.15) is 0 Å². The summed E-state index contributed by atoms with van der Waals surface area (Å²) in [5.74, 6) is -0.791. The third kappa shape index (κ3) is 5.03. The Bertz CT molecular complexity index is 431. The minimum Gasteiger partial charge on any atom is -0.481 e. The van der Waals surface area contributed by atoms with Crippen LogP contribution < -0.4 is 4.90 Å². The van der Waals surface area contributed by atoms with Gasteiger partial charge in [-0.05, 0) is 25.0 Å². The van der Waals surface area contributed by atoms with Gasteiger partial charge in [-0.3, -0.25) is 9.59 Å². The van der Waals surface area contributed by atoms with E-state index in [0.717, 1.165) is 18.5 Å². The maximum absolute atomic E-state index is 12.5. The van der Waals surface area contributed by atoms with Crippen LogP contribution >= 0.6 is 0 Å². The molecule has 0 spiro atoms. The van der Waals surface area contributed by atoms with E-state index in [0.29, 0.717) is 13.0 Å². The van der Waals surface area contributed by atoms with Gasteiger partial charge in [-0.25, -0.2) is 0 Å². The first kappa shape index (κ1) is 16.2. The second-order valence-corrected chi connectivity index (χ2v) is 5.01. The van der Waals surface area contributed by atoms with Crippen LogP contribution in [0.5, 0.6) is 0 Å². The molecule has 110 valence electrons. The van der Waals surface area contributed by atoms with Crippen molar-refractivity contribution in [1.29, 1.82) is 0 Å². The smallest absolute Gasteiger partial charge is 0.303 e. The van der Waals surface area contributed by atoms with Gasteiger partial charge in [0.2, 0.25) is 5.91 Å². The first-order chi connectivity index (χ1) is 9.56. The number of carbonyl (C=O) groups is 2. The summed E-state index contributed by atoms with van der Waals surface area (Å²) in [6.07, 6.45) is 2.36. The van der Waals surface area contributed by atoms with Crippen molar-refractivity contribution < 1.29 is 14.7 Å². The lowest BCUT2D eigenvalue weighted by Gasteiger charge is -2.25. The third-order valence-corrected chi connectivity index (χ3v) is 3.25. The van der Waals surface area contributed by atoms with Gasteiger partial charge in [-0.1, -0.05) is 38.5 Å². The lowest BCUT2D eigenvalue weighted by molar-refractivity contribution is -0.137. The summed E-state index contributed by atoms with van der Waals surface area (Å²) in [6.45, 7) is 4.43. The number of aliphatic carboxylic acids is 1. The quantitative estimate of drug-likeness (QED) is 0.793. The van der Waals surface area contributed by atoms with E-state index in [2.05, 4.69) is 6.92 Å². The number of para-hydroxylation sites is 1. The van der Waals surface area contributed by atoms with Gasteiger partial charge in [0.15, 0.2) is 0 Å². The zero-order chi connectivity index (χ0) is 15.0. The number of hydrogen-bond acceptors (Lipinski definition) is 2. The van der Waals surface area contributed by atoms with Gasteiger partial charge in [0.25, 0.3) is 0 Å². The van der Waals surface area contributed by atoms with E-state index in [1.165, 1.54) is 0 Å². The van der Waals surface area contributed by atoms with Gasteiger partial charge in [0.05, 0.1) is 0 Å². The van der Waals surface area contributed by atoms with E-state index < -0.39 is 5.97 Å². The van der Waals surface area contributed by atoms with Crippen molar-refractivity contribution >= 4 is 17.6 Å². The summed E-state index contributed by atoms with van der Waals surface area (Å²) >= 11 is 0. The Hall–Kier alpha value is -1.84. The van der Waals surface area contributed by atoms with Crippen molar-refractivity contribution in [3.63, 3.8) is 0 Å². The Labute approximate surface area is 120 Å². The van der Waals surface area contributed by atoms with E-state index in [-0.39, 0.29) is 18.2 Å². The molecule has 1 atom stereocenters. The summed E-state index contributed by atoms with van der Waals surface area (Å²) < 4.78 is 0. The highest BCUT2D eigenvalue weighted by Gasteiger charge is 2.21. The highest BCUT2D eigenvalue weighted by atomic mass is 16.4. The Morgan fingerprint density at radius 2 is 1.90 bits per heavy atom. The molecular weight excluding hydrogens is 254 g/mol. The molecule has 0 aliphatic rings. The van der Waals surface area contributed by atoms with Crippen LogP contribution in [-0.2, 0) is 9.59 Å². The predicted octanol–water partition coefficient (Wildman–Crippen LogP) is 3.32. The molecule has 0 aliphatic carbocycles. The minimum atomic E-state index is -0.827. The fourth-order valence-corrected chi connectivity index (χ4v) is 2.19. The second kappa shape index (κ2) is 8.35. The zero-order valence-electron chi connectivity index (χ0n) is 12.2. The number of benzene rings is 1. The van der Waals surface area contributed by atoms with E-state index in [4.69, 9.17) is 5.11 Å². The van der Waals surface area contributed by atoms with Crippen LogP contribution in [0.3, 0.4) is 0 Å². The molecule has 1 unspecified atom stereocenters. The second-order valence-electron chi connectivity index (χ2n) is 5.01. The van der Waals surface area contributed by atoms with Gasteiger partial charge < -0.3 is 10.0 Å². The highest BCUT2D eigenvalue weighted by Crippen LogP contribution is 2.19. The van der Waals surface area contributed by atoms with Crippen LogP contribution in [0, 0.1) is 5.92 Å². The van der Waals surface area contributed by atoms with Crippen LogP contribution in [0.4, 0.5) is 5.69 Å². The lowest BCUT2D eigenvalue weighted by Crippen LogP contribution is -2.36. The first-order valence-corrected chi connectivity index (χ1v) is 7.14. The summed E-state index contributed by atoms with van der Waals surface area (Å²) in [6, 6.07) is 9.45. The van der Waals surface area contributed by atoms with Crippen LogP contribution in [-0.4, -0.2) is 23.5 Å². The molecule has 20 heavy (non-hydrogen) atoms. The van der Waals surface area contributed by atoms with E-state index in [1.807, 2.05) is 37.3 Å². The molecule has 1 N–H and O–H groups in total. The fourth-order valence-electron chi connectivity index (χ4n) is 2.19. The van der Waals surface area contributed by atoms with Crippen molar-refractivity contribution in [3.8, 4) is 0 Å². The fraction of sp³-hybridized carbons (Fsp3) is 0.500. The summed E-state index contributed by atoms with van der Waals surface area (Å²) in [7, 11) is 0. The molecule has 4 nitrogen and oxygen atoms in total. The Morgan fingerprint density at radius 3 is 2.45 bits per heavy atom. The molecule has 0 fully saturated rings. The number of nitrogens with zero attached hydrogens (tertiary/aromatic N) is 1. The van der Waals surface area contributed by atoms with Gasteiger partial charge in [0, 0.05) is 24.6 Å². The molecule has 1 aromatic carbocycles. The van der Waals surface area contributed by atoms with Crippen LogP contribution in [0.15, 0.2) is 30.3 Å². The monoisotopic (exact) mass is 277 g/mol. The van der Waals surface area contributed by atoms with E-state index >= 15 is 0 Å². The summed E-state index contributed by atoms with van der Waals surface area (Å²) in [5, 5.41) is 8.73. The average Bonchev–Trinajstić information content (AvgIpc) is 2.44. The number of rotatable bonds is 8. The summed E-state index contributed by atoms with van der Waals surface area (Å²) in [4.78, 5) is 24.8. The standard InChI is InChI=1S/C16H23NO3/c1-3-8-13(2)16(20)17(12-7-11-15(18)19)14-9-5-4-6-10-14/h4-6,9-10,13H,3,7-8,11-12H2,1-2H3,(H,18,19). The molecule has 0 bridgehead atoms. The maximum atomic E-state index is 12.5. The number of hydrogen-bond donors (Lipinski definition) is 1. The number of carboxylic acid groups (broad SMARTS) is 1. The first-order valence-electron chi connectivity index (χ1n) is 7.14. The van der Waals surface area contributed by atoms with Gasteiger partial charge in [0.1, 0.15) is 0 Å². The highest BCUT2D eigenvalue weighted by molar-refractivity contribution is 5.94. The van der Waals surface area contributed by atoms with Crippen LogP contribution in [0.2, 0.25) is 0 Å². The average molecular weight is 277 g/mol. The number of amides is 1. The zero-order valence-corrected chi connectivity index (χ0v) is 12.2. The predicted molar refractivity (Wildman–Crippen MR) is 79.7 cm³/mol. The van der Waals surface area contributed by atoms with Crippen LogP contribution in [0.25, 0.3) is 0 Å². The normalized spacial score (nSPS) is 11.9. The Morgan fingerprint density at radius 1 is 1.25 bits per heavy atom. The molecule has 0 saturated carbocycles. The Balaban J connectivity index is 2.79. The number of carbonyl (C=O) groups excluding carboxylic acids is 1. The Kier molecular flexibility index (Phi) is 6.77. The molecule has 0 radical (unpaired) electrons. The largest absolute Gasteiger partial charge is 0.481 e. The van der Waals surface area contributed by atoms with E-state index in [9.17, 15) is 9.59 Å². The topological polar surface area (TPSA) is 57.6 Å². The maximum Gasteiger partial charge on any atom is 0.303 e. The van der Waals surface area contributed by atoms with Crippen molar-refractivity contribution in [3.05, 3.63) is 30.3 Å². The van der Waals surface area contributed by atoms with Gasteiger partial charge >= 0.3 is 5.97 Å². The summed E-state index contributed by atoms with van der Waals surface area (Å²) in [5.41, 5.74) is 0.839. The minimum absolute atomic E-state index is 0.0370. The van der Waals surface area contributed by atoms with Crippen molar-refractivity contribution in [2.75, 3.05) is 11.4 Å². The lowest BCUT2D eigenvalue weighted by atomic mass is 10.0. The molecule has 0 heterocycles. The number of anilines is 1. The van der Waals surface area contributed by atoms with Crippen molar-refractivity contribution in [1.82, 2.24) is 0 Å².